The number of hydrogen-bond donors (Lipinski definition) is 1. The van der Waals surface area contributed by atoms with Crippen LogP contribution in [-0.2, 0) is 12.9 Å². The van der Waals surface area contributed by atoms with Crippen LogP contribution in [0.2, 0.25) is 0 Å². The van der Waals surface area contributed by atoms with Crippen molar-refractivity contribution in [2.24, 2.45) is 0 Å². The number of alkyl halides is 4. The summed E-state index contributed by atoms with van der Waals surface area (Å²) in [6.45, 7) is -0.690. The van der Waals surface area contributed by atoms with Gasteiger partial charge in [0.2, 0.25) is 0 Å². The Hall–Kier alpha value is -4.09. The summed E-state index contributed by atoms with van der Waals surface area (Å²) in [7, 11) is 0. The first kappa shape index (κ1) is 21.2. The van der Waals surface area contributed by atoms with E-state index in [0.717, 1.165) is 34.9 Å². The van der Waals surface area contributed by atoms with Crippen molar-refractivity contribution in [1.29, 1.82) is 0 Å². The smallest absolute Gasteiger partial charge is 0.340 e. The molecule has 0 amide bonds. The van der Waals surface area contributed by atoms with Gasteiger partial charge in [-0.1, -0.05) is 12.1 Å². The molecule has 0 aliphatic heterocycles. The van der Waals surface area contributed by atoms with Crippen LogP contribution in [0.3, 0.4) is 0 Å². The summed E-state index contributed by atoms with van der Waals surface area (Å²) in [5.41, 5.74) is -2.43. The molecule has 0 spiro atoms. The van der Waals surface area contributed by atoms with Crippen LogP contribution in [0, 0.1) is 15.9 Å². The van der Waals surface area contributed by atoms with Crippen LogP contribution in [-0.4, -0.2) is 19.3 Å². The van der Waals surface area contributed by atoms with Crippen LogP contribution in [0.15, 0.2) is 54.7 Å². The summed E-state index contributed by atoms with van der Waals surface area (Å²) < 4.78 is 68.3. The summed E-state index contributed by atoms with van der Waals surface area (Å²) in [4.78, 5) is 18.2. The molecule has 4 aromatic rings. The van der Waals surface area contributed by atoms with Gasteiger partial charge in [-0.25, -0.2) is 18.7 Å². The molecule has 0 radical (unpaired) electrons. The average molecular weight is 449 g/mol. The van der Waals surface area contributed by atoms with Gasteiger partial charge in [-0.3, -0.25) is 14.5 Å². The Morgan fingerprint density at radius 2 is 1.78 bits per heavy atom. The van der Waals surface area contributed by atoms with E-state index in [9.17, 15) is 32.1 Å². The monoisotopic (exact) mass is 449 g/mol. The molecule has 0 saturated carbocycles. The van der Waals surface area contributed by atoms with Crippen molar-refractivity contribution in [3.05, 3.63) is 81.9 Å². The van der Waals surface area contributed by atoms with Gasteiger partial charge >= 0.3 is 6.18 Å². The van der Waals surface area contributed by atoms with Gasteiger partial charge in [0.15, 0.2) is 5.69 Å². The first-order chi connectivity index (χ1) is 15.2. The lowest BCUT2D eigenvalue weighted by molar-refractivity contribution is -0.384. The number of rotatable bonds is 5. The normalized spacial score (nSPS) is 11.7. The Bertz CT molecular complexity index is 1320. The summed E-state index contributed by atoms with van der Waals surface area (Å²) in [5.74, 6) is -0.969. The van der Waals surface area contributed by atoms with Crippen molar-refractivity contribution < 1.29 is 26.9 Å². The zero-order valence-electron chi connectivity index (χ0n) is 15.9. The highest BCUT2D eigenvalue weighted by atomic mass is 19.4. The fraction of sp³-hybridized carbons (Fsp3) is 0.100. The van der Waals surface area contributed by atoms with Crippen molar-refractivity contribution in [2.75, 3.05) is 5.32 Å². The van der Waals surface area contributed by atoms with Gasteiger partial charge < -0.3 is 5.32 Å². The van der Waals surface area contributed by atoms with Crippen molar-refractivity contribution in [3.8, 4) is 11.4 Å². The summed E-state index contributed by atoms with van der Waals surface area (Å²) in [5, 5.41) is 14.2. The van der Waals surface area contributed by atoms with E-state index in [0.29, 0.717) is 11.3 Å². The molecule has 164 valence electrons. The minimum absolute atomic E-state index is 0.137. The molecular formula is C20H12F5N5O2. The molecule has 7 nitrogen and oxygen atoms in total. The number of hydrogen-bond acceptors (Lipinski definition) is 5. The second kappa shape index (κ2) is 7.87. The molecule has 4 rings (SSSR count). The summed E-state index contributed by atoms with van der Waals surface area (Å²) in [6, 6.07) is 9.79. The molecule has 1 N–H and O–H groups in total. The Kier molecular flexibility index (Phi) is 5.20. The van der Waals surface area contributed by atoms with E-state index in [2.05, 4.69) is 15.3 Å². The number of pyridine rings is 2. The van der Waals surface area contributed by atoms with Crippen molar-refractivity contribution in [1.82, 2.24) is 14.4 Å². The quantitative estimate of drug-likeness (QED) is 0.241. The van der Waals surface area contributed by atoms with E-state index >= 15 is 0 Å². The molecule has 3 aromatic heterocycles. The van der Waals surface area contributed by atoms with E-state index in [1.165, 1.54) is 24.3 Å². The SMILES string of the molecule is O=[N+]([O-])c1cc(Nc2ccc(CF)cc2)nc(-c2c(C(F)(F)F)nc3ccc(F)cn23)c1. The predicted molar refractivity (Wildman–Crippen MR) is 105 cm³/mol. The largest absolute Gasteiger partial charge is 0.435 e. The standard InChI is InChI=1S/C20H12F5N5O2/c21-9-11-1-4-13(5-2-11)26-16-8-14(30(31)32)7-15(27-16)18-19(20(23,24)25)28-17-6-3-12(22)10-29(17)18/h1-8,10H,9H2,(H,26,27). The predicted octanol–water partition coefficient (Wildman–Crippen LogP) is 5.68. The molecule has 0 atom stereocenters. The Morgan fingerprint density at radius 3 is 2.41 bits per heavy atom. The average Bonchev–Trinajstić information content (AvgIpc) is 3.13. The molecule has 3 heterocycles. The maximum absolute atomic E-state index is 13.8. The lowest BCUT2D eigenvalue weighted by Crippen LogP contribution is -2.09. The Balaban J connectivity index is 1.90. The van der Waals surface area contributed by atoms with E-state index < -0.39 is 46.4 Å². The van der Waals surface area contributed by atoms with Crippen molar-refractivity contribution in [3.63, 3.8) is 0 Å². The molecule has 0 aliphatic rings. The number of benzene rings is 1. The number of nitrogens with one attached hydrogen (secondary N) is 1. The highest BCUT2D eigenvalue weighted by Gasteiger charge is 2.39. The first-order valence-corrected chi connectivity index (χ1v) is 8.99. The number of imidazole rings is 1. The molecule has 0 unspecified atom stereocenters. The number of anilines is 2. The maximum Gasteiger partial charge on any atom is 0.435 e. The number of halogens is 5. The molecule has 0 bridgehead atoms. The van der Waals surface area contributed by atoms with Crippen LogP contribution >= 0.6 is 0 Å². The van der Waals surface area contributed by atoms with Gasteiger partial charge in [0.05, 0.1) is 16.7 Å². The van der Waals surface area contributed by atoms with Gasteiger partial charge in [-0.15, -0.1) is 0 Å². The van der Waals surface area contributed by atoms with Gasteiger partial charge in [-0.2, -0.15) is 13.2 Å². The molecular weight excluding hydrogens is 437 g/mol. The zero-order chi connectivity index (χ0) is 23.0. The molecule has 0 fully saturated rings. The number of nitro groups is 1. The van der Waals surface area contributed by atoms with E-state index in [1.807, 2.05) is 0 Å². The highest BCUT2D eigenvalue weighted by Crippen LogP contribution is 2.38. The first-order valence-electron chi connectivity index (χ1n) is 8.99. The van der Waals surface area contributed by atoms with Gasteiger partial charge in [0.25, 0.3) is 5.69 Å². The van der Waals surface area contributed by atoms with Gasteiger partial charge in [0, 0.05) is 18.0 Å². The van der Waals surface area contributed by atoms with Gasteiger partial charge in [-0.05, 0) is 29.8 Å². The minimum Gasteiger partial charge on any atom is -0.340 e. The van der Waals surface area contributed by atoms with Crippen LogP contribution < -0.4 is 5.32 Å². The van der Waals surface area contributed by atoms with E-state index in [-0.39, 0.29) is 11.5 Å². The van der Waals surface area contributed by atoms with Crippen molar-refractivity contribution >= 4 is 22.8 Å². The van der Waals surface area contributed by atoms with Gasteiger partial charge in [0.1, 0.15) is 29.7 Å². The highest BCUT2D eigenvalue weighted by molar-refractivity contribution is 5.70. The third-order valence-corrected chi connectivity index (χ3v) is 4.50. The molecule has 32 heavy (non-hydrogen) atoms. The topological polar surface area (TPSA) is 85.4 Å². The number of fused-ring (bicyclic) bond motifs is 1. The van der Waals surface area contributed by atoms with Crippen LogP contribution in [0.4, 0.5) is 39.1 Å². The molecule has 1 aromatic carbocycles. The minimum atomic E-state index is -4.93. The van der Waals surface area contributed by atoms with E-state index in [1.54, 1.807) is 0 Å². The molecule has 0 aliphatic carbocycles. The van der Waals surface area contributed by atoms with E-state index in [4.69, 9.17) is 0 Å². The zero-order valence-corrected chi connectivity index (χ0v) is 15.9. The van der Waals surface area contributed by atoms with Crippen LogP contribution in [0.25, 0.3) is 17.0 Å². The third kappa shape index (κ3) is 4.06. The Labute approximate surface area is 176 Å². The van der Waals surface area contributed by atoms with Crippen LogP contribution in [0.1, 0.15) is 11.3 Å². The molecule has 0 saturated heterocycles. The van der Waals surface area contributed by atoms with Crippen molar-refractivity contribution in [2.45, 2.75) is 12.9 Å². The third-order valence-electron chi connectivity index (χ3n) is 4.50. The lowest BCUT2D eigenvalue weighted by atomic mass is 10.2. The van der Waals surface area contributed by atoms with Crippen LogP contribution in [0.5, 0.6) is 0 Å². The maximum atomic E-state index is 13.8. The molecule has 12 heteroatoms. The lowest BCUT2D eigenvalue weighted by Gasteiger charge is -2.11. The number of nitrogens with zero attached hydrogens (tertiary/aromatic N) is 4. The fourth-order valence-electron chi connectivity index (χ4n) is 3.09. The number of aromatic nitrogens is 3. The summed E-state index contributed by atoms with van der Waals surface area (Å²) in [6.07, 6.45) is -4.14. The Morgan fingerprint density at radius 1 is 1.06 bits per heavy atom. The summed E-state index contributed by atoms with van der Waals surface area (Å²) >= 11 is 0. The second-order valence-electron chi connectivity index (χ2n) is 6.69. The second-order valence-corrected chi connectivity index (χ2v) is 6.69. The fourth-order valence-corrected chi connectivity index (χ4v) is 3.09.